The number of hydrogen-bond donors (Lipinski definition) is 1. The Balaban J connectivity index is 1.94. The summed E-state index contributed by atoms with van der Waals surface area (Å²) in [5, 5.41) is 3.29. The Morgan fingerprint density at radius 1 is 1.23 bits per heavy atom. The lowest BCUT2D eigenvalue weighted by Gasteiger charge is -2.33. The Morgan fingerprint density at radius 3 is 2.77 bits per heavy atom. The number of hydrogen-bond acceptors (Lipinski definition) is 4. The number of nitrogens with one attached hydrogen (secondary N) is 1. The molecule has 1 aliphatic rings. The predicted molar refractivity (Wildman–Crippen MR) is 99.9 cm³/mol. The monoisotopic (exact) mass is 359 g/mol. The van der Waals surface area contributed by atoms with E-state index in [-0.39, 0.29) is 5.82 Å². The van der Waals surface area contributed by atoms with Gasteiger partial charge in [0.25, 0.3) is 0 Å². The molecule has 0 spiro atoms. The van der Waals surface area contributed by atoms with E-state index in [0.717, 1.165) is 36.3 Å². The highest BCUT2D eigenvalue weighted by Gasteiger charge is 2.32. The summed E-state index contributed by atoms with van der Waals surface area (Å²) in [6.45, 7) is 1.47. The van der Waals surface area contributed by atoms with Crippen LogP contribution >= 0.6 is 0 Å². The number of fused-ring (bicyclic) bond motifs is 1. The van der Waals surface area contributed by atoms with Gasteiger partial charge < -0.3 is 19.5 Å². The lowest BCUT2D eigenvalue weighted by molar-refractivity contribution is 0.221. The van der Waals surface area contributed by atoms with Crippen LogP contribution in [0, 0.1) is 11.7 Å². The summed E-state index contributed by atoms with van der Waals surface area (Å²) in [7, 11) is 5.20. The van der Waals surface area contributed by atoms with Crippen LogP contribution in [-0.4, -0.2) is 34.4 Å². The quantitative estimate of drug-likeness (QED) is 0.817. The van der Waals surface area contributed by atoms with E-state index in [1.54, 1.807) is 26.4 Å². The van der Waals surface area contributed by atoms with Gasteiger partial charge in [0.1, 0.15) is 5.82 Å². The number of ether oxygens (including phenoxy) is 3. The van der Waals surface area contributed by atoms with E-state index in [9.17, 15) is 4.39 Å². The molecule has 1 N–H and O–H groups in total. The fraction of sp³-hybridized carbons (Fsp3) is 0.429. The van der Waals surface area contributed by atoms with E-state index in [1.807, 2.05) is 19.2 Å². The molecule has 3 rings (SSSR count). The molecule has 0 saturated carbocycles. The second-order valence-electron chi connectivity index (χ2n) is 6.61. The first-order valence-electron chi connectivity index (χ1n) is 8.94. The maximum atomic E-state index is 13.6. The average Bonchev–Trinajstić information content (AvgIpc) is 2.66. The molecule has 26 heavy (non-hydrogen) atoms. The van der Waals surface area contributed by atoms with Crippen LogP contribution in [0.1, 0.15) is 23.5 Å². The van der Waals surface area contributed by atoms with Crippen LogP contribution in [0.3, 0.4) is 0 Å². The molecule has 140 valence electrons. The van der Waals surface area contributed by atoms with Gasteiger partial charge in [-0.05, 0) is 62.0 Å². The van der Waals surface area contributed by atoms with Gasteiger partial charge in [0.05, 0.1) is 20.8 Å². The molecule has 2 atom stereocenters. The third kappa shape index (κ3) is 3.78. The highest BCUT2D eigenvalue weighted by atomic mass is 19.1. The minimum absolute atomic E-state index is 0.190. The molecule has 0 bridgehead atoms. The van der Waals surface area contributed by atoms with Gasteiger partial charge in [0, 0.05) is 5.56 Å². The minimum Gasteiger partial charge on any atom is -0.493 e. The number of rotatable bonds is 7. The van der Waals surface area contributed by atoms with Crippen LogP contribution < -0.4 is 19.5 Å². The van der Waals surface area contributed by atoms with Crippen LogP contribution in [0.5, 0.6) is 17.2 Å². The van der Waals surface area contributed by atoms with Crippen molar-refractivity contribution in [1.29, 1.82) is 0 Å². The van der Waals surface area contributed by atoms with Crippen molar-refractivity contribution < 1.29 is 18.6 Å². The molecular formula is C21H26FNO3. The summed E-state index contributed by atoms with van der Waals surface area (Å²) in [5.74, 6) is 2.51. The molecule has 1 heterocycles. The van der Waals surface area contributed by atoms with Gasteiger partial charge in [-0.15, -0.1) is 0 Å². The SMILES string of the molecule is CNCC(Cc1cccc(F)c1)C1CCOc2c1ccc(OC)c2OC. The van der Waals surface area contributed by atoms with Crippen molar-refractivity contribution in [2.45, 2.75) is 18.8 Å². The maximum absolute atomic E-state index is 13.6. The van der Waals surface area contributed by atoms with Crippen molar-refractivity contribution in [3.8, 4) is 17.2 Å². The highest BCUT2D eigenvalue weighted by Crippen LogP contribution is 2.48. The van der Waals surface area contributed by atoms with Gasteiger partial charge in [0.15, 0.2) is 11.5 Å². The van der Waals surface area contributed by atoms with Gasteiger partial charge in [-0.25, -0.2) is 4.39 Å². The van der Waals surface area contributed by atoms with Crippen LogP contribution in [0.4, 0.5) is 4.39 Å². The molecule has 0 saturated heterocycles. The van der Waals surface area contributed by atoms with Gasteiger partial charge in [0.2, 0.25) is 5.75 Å². The van der Waals surface area contributed by atoms with Crippen molar-refractivity contribution in [3.63, 3.8) is 0 Å². The fourth-order valence-electron chi connectivity index (χ4n) is 3.87. The lowest BCUT2D eigenvalue weighted by atomic mass is 9.78. The van der Waals surface area contributed by atoms with Gasteiger partial charge >= 0.3 is 0 Å². The Bertz CT molecular complexity index is 750. The zero-order valence-corrected chi connectivity index (χ0v) is 15.5. The average molecular weight is 359 g/mol. The molecule has 4 nitrogen and oxygen atoms in total. The molecule has 0 fully saturated rings. The second kappa shape index (κ2) is 8.41. The normalized spacial score (nSPS) is 17.2. The predicted octanol–water partition coefficient (Wildman–Crippen LogP) is 3.79. The molecule has 0 aromatic heterocycles. The maximum Gasteiger partial charge on any atom is 0.203 e. The summed E-state index contributed by atoms with van der Waals surface area (Å²) in [6.07, 6.45) is 1.72. The summed E-state index contributed by atoms with van der Waals surface area (Å²) in [6, 6.07) is 10.9. The van der Waals surface area contributed by atoms with Gasteiger partial charge in [-0.1, -0.05) is 18.2 Å². The van der Waals surface area contributed by atoms with Crippen molar-refractivity contribution >= 4 is 0 Å². The lowest BCUT2D eigenvalue weighted by Crippen LogP contribution is -2.30. The van der Waals surface area contributed by atoms with Gasteiger partial charge in [-0.3, -0.25) is 0 Å². The smallest absolute Gasteiger partial charge is 0.203 e. The van der Waals surface area contributed by atoms with E-state index >= 15 is 0 Å². The topological polar surface area (TPSA) is 39.7 Å². The third-order valence-electron chi connectivity index (χ3n) is 5.03. The molecule has 5 heteroatoms. The first-order valence-corrected chi connectivity index (χ1v) is 8.94. The van der Waals surface area contributed by atoms with E-state index in [2.05, 4.69) is 11.4 Å². The van der Waals surface area contributed by atoms with E-state index in [0.29, 0.717) is 29.9 Å². The Kier molecular flexibility index (Phi) is 5.99. The summed E-state index contributed by atoms with van der Waals surface area (Å²) >= 11 is 0. The van der Waals surface area contributed by atoms with Crippen LogP contribution in [0.15, 0.2) is 36.4 Å². The molecule has 2 aromatic carbocycles. The number of halogens is 1. The van der Waals surface area contributed by atoms with E-state index < -0.39 is 0 Å². The molecular weight excluding hydrogens is 333 g/mol. The number of benzene rings is 2. The summed E-state index contributed by atoms with van der Waals surface area (Å²) in [4.78, 5) is 0. The van der Waals surface area contributed by atoms with Crippen molar-refractivity contribution in [2.75, 3.05) is 34.4 Å². The Morgan fingerprint density at radius 2 is 2.08 bits per heavy atom. The van der Waals surface area contributed by atoms with Crippen molar-refractivity contribution in [2.24, 2.45) is 5.92 Å². The highest BCUT2D eigenvalue weighted by molar-refractivity contribution is 5.57. The zero-order chi connectivity index (χ0) is 18.5. The minimum atomic E-state index is -0.190. The second-order valence-corrected chi connectivity index (χ2v) is 6.61. The zero-order valence-electron chi connectivity index (χ0n) is 15.5. The summed E-state index contributed by atoms with van der Waals surface area (Å²) < 4.78 is 30.5. The molecule has 1 aliphatic heterocycles. The molecule has 0 aliphatic carbocycles. The van der Waals surface area contributed by atoms with E-state index in [1.165, 1.54) is 6.07 Å². The van der Waals surface area contributed by atoms with Crippen molar-refractivity contribution in [1.82, 2.24) is 5.32 Å². The van der Waals surface area contributed by atoms with Crippen LogP contribution in [0.2, 0.25) is 0 Å². The third-order valence-corrected chi connectivity index (χ3v) is 5.03. The van der Waals surface area contributed by atoms with Crippen LogP contribution in [0.25, 0.3) is 0 Å². The fourth-order valence-corrected chi connectivity index (χ4v) is 3.87. The molecule has 2 unspecified atom stereocenters. The standard InChI is InChI=1S/C21H26FNO3/c1-23-13-15(11-14-5-4-6-16(22)12-14)17-9-10-26-20-18(17)7-8-19(24-2)21(20)25-3/h4-8,12,15,17,23H,9-11,13H2,1-3H3. The molecule has 2 aromatic rings. The number of methoxy groups -OCH3 is 2. The Labute approximate surface area is 154 Å². The van der Waals surface area contributed by atoms with E-state index in [4.69, 9.17) is 14.2 Å². The molecule has 0 radical (unpaired) electrons. The first-order chi connectivity index (χ1) is 12.7. The Hall–Kier alpha value is -2.27. The summed E-state index contributed by atoms with van der Waals surface area (Å²) in [5.41, 5.74) is 2.14. The van der Waals surface area contributed by atoms with Crippen molar-refractivity contribution in [3.05, 3.63) is 53.3 Å². The van der Waals surface area contributed by atoms with Crippen LogP contribution in [-0.2, 0) is 6.42 Å². The van der Waals surface area contributed by atoms with Gasteiger partial charge in [-0.2, -0.15) is 0 Å². The largest absolute Gasteiger partial charge is 0.493 e. The first kappa shape index (κ1) is 18.5. The molecule has 0 amide bonds.